The molecule has 176 valence electrons. The third kappa shape index (κ3) is 5.71. The minimum atomic E-state index is -4.67. The van der Waals surface area contributed by atoms with Crippen LogP contribution < -0.4 is 10.3 Å². The Kier molecular flexibility index (Phi) is 6.53. The van der Waals surface area contributed by atoms with Crippen molar-refractivity contribution in [3.05, 3.63) is 69.3 Å². The maximum absolute atomic E-state index is 13.9. The molecule has 2 aromatic carbocycles. The molecule has 1 heterocycles. The molecule has 1 N–H and O–H groups in total. The number of nitrogens with zero attached hydrogens (tertiary/aromatic N) is 1. The third-order valence-electron chi connectivity index (χ3n) is 4.79. The van der Waals surface area contributed by atoms with Crippen molar-refractivity contribution >= 4 is 16.9 Å². The number of hydrogen-bond donors (Lipinski definition) is 1. The van der Waals surface area contributed by atoms with Gasteiger partial charge in [0.25, 0.3) is 5.56 Å². The predicted molar refractivity (Wildman–Crippen MR) is 117 cm³/mol. The lowest BCUT2D eigenvalue weighted by Gasteiger charge is -2.23. The summed E-state index contributed by atoms with van der Waals surface area (Å²) in [4.78, 5) is 31.0. The molecular formula is C24H25F3N2O4. The number of carbonyl (C=O) groups excluding carboxylic acids is 1. The lowest BCUT2D eigenvalue weighted by molar-refractivity contribution is -0.139. The monoisotopic (exact) mass is 462 g/mol. The number of carbonyl (C=O) groups is 1. The molecule has 0 fully saturated rings. The average molecular weight is 462 g/mol. The molecule has 1 unspecified atom stereocenters. The fourth-order valence-electron chi connectivity index (χ4n) is 3.37. The van der Waals surface area contributed by atoms with E-state index in [0.717, 1.165) is 6.07 Å². The molecule has 3 rings (SSSR count). The summed E-state index contributed by atoms with van der Waals surface area (Å²) in [5.41, 5.74) is -2.00. The fraction of sp³-hybridized carbons (Fsp3) is 0.375. The van der Waals surface area contributed by atoms with E-state index in [1.165, 1.54) is 37.3 Å². The first-order valence-corrected chi connectivity index (χ1v) is 10.4. The zero-order valence-corrected chi connectivity index (χ0v) is 19.0. The topological polar surface area (TPSA) is 81.3 Å². The second-order valence-electron chi connectivity index (χ2n) is 8.65. The maximum atomic E-state index is 13.9. The number of fused-ring (bicyclic) bond motifs is 1. The van der Waals surface area contributed by atoms with E-state index in [1.807, 2.05) is 0 Å². The Labute approximate surface area is 188 Å². The molecule has 0 spiro atoms. The van der Waals surface area contributed by atoms with E-state index in [1.54, 1.807) is 27.7 Å². The summed E-state index contributed by atoms with van der Waals surface area (Å²) >= 11 is 0. The molecule has 0 aliphatic carbocycles. The van der Waals surface area contributed by atoms with Gasteiger partial charge < -0.3 is 14.5 Å². The molecule has 0 saturated heterocycles. The van der Waals surface area contributed by atoms with E-state index in [2.05, 4.69) is 9.97 Å². The maximum Gasteiger partial charge on any atom is 0.416 e. The Bertz CT molecular complexity index is 1230. The summed E-state index contributed by atoms with van der Waals surface area (Å²) < 4.78 is 52.8. The first-order valence-electron chi connectivity index (χ1n) is 10.4. The standard InChI is InChI=1S/C24H25F3N2O4/c1-6-20(32-15-9-7-14(8-10-15)22(31)33-23(3,4)5)16-11-17-19(12-18(16)24(25,26)27)28-13(2)29-21(17)30/h7-12,20H,6H2,1-5H3,(H,28,29,30). The number of ether oxygens (including phenoxy) is 2. The Morgan fingerprint density at radius 3 is 2.30 bits per heavy atom. The number of aryl methyl sites for hydroxylation is 1. The summed E-state index contributed by atoms with van der Waals surface area (Å²) in [6.07, 6.45) is -5.45. The SMILES string of the molecule is CCC(Oc1ccc(C(=O)OC(C)(C)C)cc1)c1cc2c(=O)[nH]c(C)nc2cc1C(F)(F)F. The molecule has 3 aromatic rings. The smallest absolute Gasteiger partial charge is 0.416 e. The van der Waals surface area contributed by atoms with Gasteiger partial charge in [0.1, 0.15) is 23.3 Å². The molecule has 0 radical (unpaired) electrons. The van der Waals surface area contributed by atoms with Gasteiger partial charge in [-0.25, -0.2) is 9.78 Å². The molecule has 1 atom stereocenters. The number of aromatic nitrogens is 2. The number of H-pyrrole nitrogens is 1. The van der Waals surface area contributed by atoms with Crippen LogP contribution in [0.15, 0.2) is 41.2 Å². The highest BCUT2D eigenvalue weighted by Gasteiger charge is 2.36. The van der Waals surface area contributed by atoms with E-state index < -0.39 is 35.0 Å². The number of alkyl halides is 3. The van der Waals surface area contributed by atoms with Gasteiger partial charge in [0.2, 0.25) is 0 Å². The fourth-order valence-corrected chi connectivity index (χ4v) is 3.37. The number of esters is 1. The largest absolute Gasteiger partial charge is 0.486 e. The molecule has 0 amide bonds. The highest BCUT2D eigenvalue weighted by atomic mass is 19.4. The van der Waals surface area contributed by atoms with Crippen molar-refractivity contribution in [3.63, 3.8) is 0 Å². The number of benzene rings is 2. The first kappa shape index (κ1) is 24.3. The molecule has 0 aliphatic heterocycles. The normalized spacial score (nSPS) is 13.1. The van der Waals surface area contributed by atoms with Gasteiger partial charge in [0.15, 0.2) is 0 Å². The van der Waals surface area contributed by atoms with Gasteiger partial charge in [-0.05, 0) is 70.5 Å². The van der Waals surface area contributed by atoms with Gasteiger partial charge in [-0.2, -0.15) is 13.2 Å². The Morgan fingerprint density at radius 1 is 1.12 bits per heavy atom. The van der Waals surface area contributed by atoms with Crippen LogP contribution >= 0.6 is 0 Å². The number of aromatic amines is 1. The lowest BCUT2D eigenvalue weighted by Crippen LogP contribution is -2.23. The molecule has 9 heteroatoms. The summed E-state index contributed by atoms with van der Waals surface area (Å²) in [6.45, 7) is 8.43. The second kappa shape index (κ2) is 8.88. The zero-order valence-electron chi connectivity index (χ0n) is 19.0. The van der Waals surface area contributed by atoms with Gasteiger partial charge in [0, 0.05) is 5.56 Å². The van der Waals surface area contributed by atoms with Crippen molar-refractivity contribution in [1.29, 1.82) is 0 Å². The summed E-state index contributed by atoms with van der Waals surface area (Å²) in [6, 6.07) is 8.02. The Morgan fingerprint density at radius 2 is 1.76 bits per heavy atom. The van der Waals surface area contributed by atoms with Crippen LogP contribution in [0.4, 0.5) is 13.2 Å². The Balaban J connectivity index is 1.98. The van der Waals surface area contributed by atoms with Gasteiger partial charge in [-0.3, -0.25) is 4.79 Å². The number of hydrogen-bond acceptors (Lipinski definition) is 5. The van der Waals surface area contributed by atoms with Gasteiger partial charge in [0.05, 0.1) is 22.0 Å². The molecule has 1 aromatic heterocycles. The van der Waals surface area contributed by atoms with Crippen molar-refractivity contribution in [1.82, 2.24) is 9.97 Å². The molecular weight excluding hydrogens is 437 g/mol. The molecule has 0 bridgehead atoms. The van der Waals surface area contributed by atoms with Gasteiger partial charge >= 0.3 is 12.1 Å². The summed E-state index contributed by atoms with van der Waals surface area (Å²) in [7, 11) is 0. The van der Waals surface area contributed by atoms with Crippen LogP contribution in [0, 0.1) is 6.92 Å². The van der Waals surface area contributed by atoms with Crippen molar-refractivity contribution in [2.45, 2.75) is 58.9 Å². The third-order valence-corrected chi connectivity index (χ3v) is 4.79. The van der Waals surface area contributed by atoms with Crippen LogP contribution in [-0.2, 0) is 10.9 Å². The molecule has 0 aliphatic rings. The highest BCUT2D eigenvalue weighted by Crippen LogP contribution is 2.38. The minimum Gasteiger partial charge on any atom is -0.486 e. The van der Waals surface area contributed by atoms with Crippen molar-refractivity contribution in [2.24, 2.45) is 0 Å². The van der Waals surface area contributed by atoms with Gasteiger partial charge in [-0.1, -0.05) is 6.92 Å². The highest BCUT2D eigenvalue weighted by molar-refractivity contribution is 5.89. The van der Waals surface area contributed by atoms with E-state index in [-0.39, 0.29) is 34.5 Å². The molecule has 6 nitrogen and oxygen atoms in total. The average Bonchev–Trinajstić information content (AvgIpc) is 2.69. The molecule has 33 heavy (non-hydrogen) atoms. The van der Waals surface area contributed by atoms with E-state index in [9.17, 15) is 22.8 Å². The van der Waals surface area contributed by atoms with E-state index in [0.29, 0.717) is 5.56 Å². The first-order chi connectivity index (χ1) is 15.3. The van der Waals surface area contributed by atoms with Crippen LogP contribution in [-0.4, -0.2) is 21.5 Å². The lowest BCUT2D eigenvalue weighted by atomic mass is 9.97. The van der Waals surface area contributed by atoms with Crippen molar-refractivity contribution in [3.8, 4) is 5.75 Å². The van der Waals surface area contributed by atoms with Crippen molar-refractivity contribution < 1.29 is 27.4 Å². The van der Waals surface area contributed by atoms with Crippen LogP contribution in [0.25, 0.3) is 10.9 Å². The quantitative estimate of drug-likeness (QED) is 0.490. The van der Waals surface area contributed by atoms with E-state index >= 15 is 0 Å². The summed E-state index contributed by atoms with van der Waals surface area (Å²) in [5.74, 6) is -0.0166. The Hall–Kier alpha value is -3.36. The van der Waals surface area contributed by atoms with Crippen LogP contribution in [0.2, 0.25) is 0 Å². The second-order valence-corrected chi connectivity index (χ2v) is 8.65. The zero-order chi connectivity index (χ0) is 24.6. The number of nitrogens with one attached hydrogen (secondary N) is 1. The van der Waals surface area contributed by atoms with Crippen LogP contribution in [0.1, 0.15) is 67.5 Å². The molecule has 0 saturated carbocycles. The van der Waals surface area contributed by atoms with Crippen LogP contribution in [0.5, 0.6) is 5.75 Å². The van der Waals surface area contributed by atoms with E-state index in [4.69, 9.17) is 9.47 Å². The van der Waals surface area contributed by atoms with Crippen LogP contribution in [0.3, 0.4) is 0 Å². The predicted octanol–water partition coefficient (Wildman–Crippen LogP) is 5.74. The number of halogens is 3. The van der Waals surface area contributed by atoms with Crippen molar-refractivity contribution in [2.75, 3.05) is 0 Å². The minimum absolute atomic E-state index is 0.0381. The summed E-state index contributed by atoms with van der Waals surface area (Å²) in [5, 5.41) is 0.0472. The number of rotatable bonds is 5. The van der Waals surface area contributed by atoms with Gasteiger partial charge in [-0.15, -0.1) is 0 Å².